The topological polar surface area (TPSA) is 35.9 Å². The van der Waals surface area contributed by atoms with E-state index in [4.69, 9.17) is 16.3 Å². The van der Waals surface area contributed by atoms with Gasteiger partial charge in [0.2, 0.25) is 0 Å². The minimum Gasteiger partial charge on any atom is -0.491 e. The van der Waals surface area contributed by atoms with Crippen LogP contribution in [0.5, 0.6) is 5.75 Å². The first kappa shape index (κ1) is 25.6. The van der Waals surface area contributed by atoms with E-state index in [2.05, 4.69) is 22.4 Å². The molecule has 1 N–H and O–H groups in total. The number of rotatable bonds is 8. The van der Waals surface area contributed by atoms with Gasteiger partial charge in [-0.15, -0.1) is 31.4 Å². The second-order valence-corrected chi connectivity index (χ2v) is 7.27. The van der Waals surface area contributed by atoms with Gasteiger partial charge in [-0.1, -0.05) is 41.9 Å². The number of β-amino-alcohol motifs (C(OH)–C–C–N with tert-alkyl or cyclic N) is 1. The lowest BCUT2D eigenvalue weighted by molar-refractivity contribution is 0.0660. The molecule has 0 amide bonds. The summed E-state index contributed by atoms with van der Waals surface area (Å²) in [6.45, 7) is 8.37. The number of aliphatic hydroxyl groups excluding tert-OH is 1. The molecule has 1 atom stereocenters. The Morgan fingerprint density at radius 2 is 1.79 bits per heavy atom. The van der Waals surface area contributed by atoms with E-state index in [1.54, 1.807) is 0 Å². The first-order valence-corrected chi connectivity index (χ1v) is 9.76. The molecule has 160 valence electrons. The third kappa shape index (κ3) is 7.72. The van der Waals surface area contributed by atoms with Gasteiger partial charge in [0.05, 0.1) is 0 Å². The summed E-state index contributed by atoms with van der Waals surface area (Å²) in [5.41, 5.74) is 2.25. The third-order valence-corrected chi connectivity index (χ3v) is 5.02. The standard InChI is InChI=1S/C22H27ClN2O2.2ClH/c1-2-6-18-7-3-4-10-22(18)27-17-21(26)16-24-11-13-25(14-12-24)20-9-5-8-19(23)15-20;;/h2-5,7-10,15,21,26H,1,6,11-14,16-17H2;2*1H. The zero-order valence-electron chi connectivity index (χ0n) is 16.4. The number of hydrogen-bond acceptors (Lipinski definition) is 4. The lowest BCUT2D eigenvalue weighted by atomic mass is 10.1. The van der Waals surface area contributed by atoms with E-state index in [1.807, 2.05) is 48.5 Å². The van der Waals surface area contributed by atoms with Crippen LogP contribution in [0, 0.1) is 0 Å². The minimum absolute atomic E-state index is 0. The van der Waals surface area contributed by atoms with Crippen molar-refractivity contribution in [2.24, 2.45) is 0 Å². The van der Waals surface area contributed by atoms with Gasteiger partial charge in [-0.05, 0) is 36.2 Å². The van der Waals surface area contributed by atoms with Gasteiger partial charge in [-0.2, -0.15) is 0 Å². The quantitative estimate of drug-likeness (QED) is 0.591. The van der Waals surface area contributed by atoms with Gasteiger partial charge < -0.3 is 14.7 Å². The minimum atomic E-state index is -0.514. The molecule has 1 unspecified atom stereocenters. The fraction of sp³-hybridized carbons (Fsp3) is 0.364. The highest BCUT2D eigenvalue weighted by Gasteiger charge is 2.20. The van der Waals surface area contributed by atoms with Crippen molar-refractivity contribution < 1.29 is 9.84 Å². The van der Waals surface area contributed by atoms with Gasteiger partial charge in [-0.25, -0.2) is 0 Å². The van der Waals surface area contributed by atoms with Crippen LogP contribution in [0.4, 0.5) is 5.69 Å². The molecule has 1 saturated heterocycles. The molecule has 4 nitrogen and oxygen atoms in total. The Balaban J connectivity index is 0.00000210. The van der Waals surface area contributed by atoms with E-state index in [9.17, 15) is 5.11 Å². The van der Waals surface area contributed by atoms with Gasteiger partial charge in [-0.3, -0.25) is 4.90 Å². The van der Waals surface area contributed by atoms with Crippen LogP contribution >= 0.6 is 36.4 Å². The fourth-order valence-corrected chi connectivity index (χ4v) is 3.55. The van der Waals surface area contributed by atoms with E-state index in [0.29, 0.717) is 13.2 Å². The third-order valence-electron chi connectivity index (χ3n) is 4.78. The summed E-state index contributed by atoms with van der Waals surface area (Å²) in [6.07, 6.45) is 2.11. The van der Waals surface area contributed by atoms with Crippen molar-refractivity contribution in [3.05, 3.63) is 71.8 Å². The zero-order valence-corrected chi connectivity index (χ0v) is 18.8. The number of ether oxygens (including phenoxy) is 1. The Bertz CT molecular complexity index is 752. The average molecular weight is 460 g/mol. The predicted octanol–water partition coefficient (Wildman–Crippen LogP) is 4.47. The van der Waals surface area contributed by atoms with E-state index in [-0.39, 0.29) is 24.8 Å². The first-order chi connectivity index (χ1) is 13.2. The molecule has 0 bridgehead atoms. The lowest BCUT2D eigenvalue weighted by Crippen LogP contribution is -2.49. The van der Waals surface area contributed by atoms with Gasteiger partial charge in [0.1, 0.15) is 18.5 Å². The van der Waals surface area contributed by atoms with Crippen LogP contribution in [0.3, 0.4) is 0 Å². The maximum absolute atomic E-state index is 10.4. The smallest absolute Gasteiger partial charge is 0.122 e. The Hall–Kier alpha value is -1.43. The summed E-state index contributed by atoms with van der Waals surface area (Å²) in [5.74, 6) is 0.822. The molecular weight excluding hydrogens is 431 g/mol. The van der Waals surface area contributed by atoms with Crippen LogP contribution in [0.25, 0.3) is 0 Å². The summed E-state index contributed by atoms with van der Waals surface area (Å²) in [6, 6.07) is 15.9. The van der Waals surface area contributed by atoms with E-state index >= 15 is 0 Å². The molecule has 1 aliphatic rings. The molecular formula is C22H29Cl3N2O2. The normalized spacial score (nSPS) is 15.0. The maximum Gasteiger partial charge on any atom is 0.122 e. The highest BCUT2D eigenvalue weighted by atomic mass is 35.5. The largest absolute Gasteiger partial charge is 0.491 e. The maximum atomic E-state index is 10.4. The van der Waals surface area contributed by atoms with Gasteiger partial charge in [0.25, 0.3) is 0 Å². The molecule has 2 aromatic carbocycles. The van der Waals surface area contributed by atoms with Crippen molar-refractivity contribution in [1.82, 2.24) is 4.90 Å². The number of allylic oxidation sites excluding steroid dienone is 1. The molecule has 0 aromatic heterocycles. The van der Waals surface area contributed by atoms with Crippen molar-refractivity contribution in [2.75, 3.05) is 44.2 Å². The second-order valence-electron chi connectivity index (χ2n) is 6.83. The van der Waals surface area contributed by atoms with Gasteiger partial charge in [0, 0.05) is 43.4 Å². The van der Waals surface area contributed by atoms with Crippen molar-refractivity contribution in [3.63, 3.8) is 0 Å². The molecule has 0 saturated carbocycles. The molecule has 1 heterocycles. The number of halogens is 3. The van der Waals surface area contributed by atoms with Crippen molar-refractivity contribution >= 4 is 42.1 Å². The highest BCUT2D eigenvalue weighted by molar-refractivity contribution is 6.30. The van der Waals surface area contributed by atoms with E-state index in [1.165, 1.54) is 0 Å². The van der Waals surface area contributed by atoms with Crippen molar-refractivity contribution in [2.45, 2.75) is 12.5 Å². The van der Waals surface area contributed by atoms with Gasteiger partial charge in [0.15, 0.2) is 0 Å². The molecule has 0 radical (unpaired) electrons. The first-order valence-electron chi connectivity index (χ1n) is 9.38. The second kappa shape index (κ2) is 13.0. The van der Waals surface area contributed by atoms with E-state index in [0.717, 1.165) is 54.6 Å². The lowest BCUT2D eigenvalue weighted by Gasteiger charge is -2.37. The van der Waals surface area contributed by atoms with Crippen molar-refractivity contribution in [3.8, 4) is 5.75 Å². The van der Waals surface area contributed by atoms with Crippen LogP contribution in [0.1, 0.15) is 5.56 Å². The summed E-state index contributed by atoms with van der Waals surface area (Å²) >= 11 is 6.09. The molecule has 1 aliphatic heterocycles. The molecule has 0 spiro atoms. The Morgan fingerprint density at radius 3 is 2.48 bits per heavy atom. The Morgan fingerprint density at radius 1 is 1.07 bits per heavy atom. The predicted molar refractivity (Wildman–Crippen MR) is 126 cm³/mol. The molecule has 29 heavy (non-hydrogen) atoms. The number of nitrogens with zero attached hydrogens (tertiary/aromatic N) is 2. The molecule has 3 rings (SSSR count). The van der Waals surface area contributed by atoms with Gasteiger partial charge >= 0.3 is 0 Å². The summed E-state index contributed by atoms with van der Waals surface area (Å²) in [4.78, 5) is 4.61. The van der Waals surface area contributed by atoms with Crippen LogP contribution < -0.4 is 9.64 Å². The Kier molecular flexibility index (Phi) is 11.5. The molecule has 7 heteroatoms. The van der Waals surface area contributed by atoms with Crippen LogP contribution in [-0.4, -0.2) is 55.4 Å². The summed E-state index contributed by atoms with van der Waals surface area (Å²) < 4.78 is 5.85. The van der Waals surface area contributed by atoms with E-state index < -0.39 is 6.10 Å². The molecule has 1 fully saturated rings. The van der Waals surface area contributed by atoms with Crippen LogP contribution in [0.15, 0.2) is 61.2 Å². The van der Waals surface area contributed by atoms with Crippen LogP contribution in [0.2, 0.25) is 5.02 Å². The number of piperazine rings is 1. The fourth-order valence-electron chi connectivity index (χ4n) is 3.37. The molecule has 0 aliphatic carbocycles. The highest BCUT2D eigenvalue weighted by Crippen LogP contribution is 2.21. The summed E-state index contributed by atoms with van der Waals surface area (Å²) in [7, 11) is 0. The Labute approximate surface area is 190 Å². The number of benzene rings is 2. The zero-order chi connectivity index (χ0) is 19.1. The van der Waals surface area contributed by atoms with Crippen LogP contribution in [-0.2, 0) is 6.42 Å². The molecule has 2 aromatic rings. The van der Waals surface area contributed by atoms with Crippen molar-refractivity contribution in [1.29, 1.82) is 0 Å². The number of para-hydroxylation sites is 1. The SMILES string of the molecule is C=CCc1ccccc1OCC(O)CN1CCN(c2cccc(Cl)c2)CC1.Cl.Cl. The number of anilines is 1. The number of hydrogen-bond donors (Lipinski definition) is 1. The summed E-state index contributed by atoms with van der Waals surface area (Å²) in [5, 5.41) is 11.1. The number of aliphatic hydroxyl groups is 1. The monoisotopic (exact) mass is 458 g/mol. The average Bonchev–Trinajstić information content (AvgIpc) is 2.68.